The Hall–Kier alpha value is -3.97. The molecule has 1 heterocycles. The number of rotatable bonds is 7. The molecule has 0 atom stereocenters. The number of methoxy groups -OCH3 is 4. The van der Waals surface area contributed by atoms with Crippen molar-refractivity contribution in [1.29, 1.82) is 0 Å². The van der Waals surface area contributed by atoms with Gasteiger partial charge in [-0.3, -0.25) is 4.79 Å². The van der Waals surface area contributed by atoms with E-state index in [0.717, 1.165) is 5.39 Å². The molecule has 1 aromatic heterocycles. The van der Waals surface area contributed by atoms with E-state index in [1.165, 1.54) is 7.11 Å². The maximum Gasteiger partial charge on any atom is 0.256 e. The molecule has 174 valence electrons. The molecule has 7 nitrogen and oxygen atoms in total. The van der Waals surface area contributed by atoms with E-state index in [1.54, 1.807) is 57.7 Å². The first-order chi connectivity index (χ1) is 16.5. The third-order valence-electron chi connectivity index (χ3n) is 5.33. The standard InChI is InChI=1S/C26H23ClN2O5/c1-31-22-10-9-16(13-19(22)27)28-26(30)18-14-21(29-20-8-6-5-7-17(18)20)15-11-23(32-2)25(34-4)24(12-15)33-3/h5-14H,1-4H3,(H,28,30). The molecule has 4 aromatic rings. The molecule has 0 bridgehead atoms. The van der Waals surface area contributed by atoms with Gasteiger partial charge in [-0.2, -0.15) is 0 Å². The van der Waals surface area contributed by atoms with E-state index >= 15 is 0 Å². The van der Waals surface area contributed by atoms with Gasteiger partial charge < -0.3 is 24.3 Å². The van der Waals surface area contributed by atoms with Crippen molar-refractivity contribution in [2.24, 2.45) is 0 Å². The van der Waals surface area contributed by atoms with Gasteiger partial charge in [0.25, 0.3) is 5.91 Å². The molecule has 1 N–H and O–H groups in total. The van der Waals surface area contributed by atoms with Crippen molar-refractivity contribution in [3.05, 3.63) is 71.2 Å². The maximum absolute atomic E-state index is 13.3. The van der Waals surface area contributed by atoms with Gasteiger partial charge in [0.1, 0.15) is 5.75 Å². The number of fused-ring (bicyclic) bond motifs is 1. The molecular weight excluding hydrogens is 456 g/mol. The Labute approximate surface area is 202 Å². The van der Waals surface area contributed by atoms with Crippen molar-refractivity contribution in [2.75, 3.05) is 33.8 Å². The van der Waals surface area contributed by atoms with Crippen LogP contribution in [0.15, 0.2) is 60.7 Å². The van der Waals surface area contributed by atoms with Gasteiger partial charge in [0.15, 0.2) is 11.5 Å². The SMILES string of the molecule is COc1ccc(NC(=O)c2cc(-c3cc(OC)c(OC)c(OC)c3)nc3ccccc23)cc1Cl. The Morgan fingerprint density at radius 1 is 0.824 bits per heavy atom. The molecule has 0 spiro atoms. The molecule has 0 fully saturated rings. The fourth-order valence-corrected chi connectivity index (χ4v) is 3.94. The topological polar surface area (TPSA) is 78.9 Å². The van der Waals surface area contributed by atoms with E-state index in [9.17, 15) is 4.79 Å². The summed E-state index contributed by atoms with van der Waals surface area (Å²) in [6.45, 7) is 0. The van der Waals surface area contributed by atoms with Crippen molar-refractivity contribution in [2.45, 2.75) is 0 Å². The lowest BCUT2D eigenvalue weighted by molar-refractivity contribution is 0.102. The molecule has 1 amide bonds. The largest absolute Gasteiger partial charge is 0.495 e. The summed E-state index contributed by atoms with van der Waals surface area (Å²) in [5, 5.41) is 4.03. The number of ether oxygens (including phenoxy) is 4. The van der Waals surface area contributed by atoms with Crippen molar-refractivity contribution in [3.63, 3.8) is 0 Å². The second-order valence-corrected chi connectivity index (χ2v) is 7.70. The van der Waals surface area contributed by atoms with Crippen LogP contribution in [0.3, 0.4) is 0 Å². The molecule has 0 aliphatic carbocycles. The Kier molecular flexibility index (Phi) is 6.75. The summed E-state index contributed by atoms with van der Waals surface area (Å²) in [7, 11) is 6.18. The summed E-state index contributed by atoms with van der Waals surface area (Å²) >= 11 is 6.22. The first-order valence-electron chi connectivity index (χ1n) is 10.3. The number of benzene rings is 3. The van der Waals surface area contributed by atoms with Crippen molar-refractivity contribution >= 4 is 34.1 Å². The van der Waals surface area contributed by atoms with Gasteiger partial charge in [0.2, 0.25) is 5.75 Å². The molecular formula is C26H23ClN2O5. The highest BCUT2D eigenvalue weighted by atomic mass is 35.5. The Bertz CT molecular complexity index is 1350. The third kappa shape index (κ3) is 4.43. The highest BCUT2D eigenvalue weighted by molar-refractivity contribution is 6.32. The van der Waals surface area contributed by atoms with Crippen molar-refractivity contribution < 1.29 is 23.7 Å². The number of carbonyl (C=O) groups excluding carboxylic acids is 1. The zero-order valence-electron chi connectivity index (χ0n) is 19.1. The van der Waals surface area contributed by atoms with Gasteiger partial charge in [-0.25, -0.2) is 4.98 Å². The third-order valence-corrected chi connectivity index (χ3v) is 5.63. The lowest BCUT2D eigenvalue weighted by atomic mass is 10.0. The van der Waals surface area contributed by atoms with Gasteiger partial charge in [-0.1, -0.05) is 29.8 Å². The minimum absolute atomic E-state index is 0.298. The van der Waals surface area contributed by atoms with E-state index in [0.29, 0.717) is 56.0 Å². The number of nitrogens with zero attached hydrogens (tertiary/aromatic N) is 1. The van der Waals surface area contributed by atoms with Gasteiger partial charge in [-0.05, 0) is 42.5 Å². The lowest BCUT2D eigenvalue weighted by Crippen LogP contribution is -2.13. The quantitative estimate of drug-likeness (QED) is 0.359. The summed E-state index contributed by atoms with van der Waals surface area (Å²) in [5.41, 5.74) is 2.97. The van der Waals surface area contributed by atoms with Crippen LogP contribution in [-0.4, -0.2) is 39.3 Å². The number of para-hydroxylation sites is 1. The van der Waals surface area contributed by atoms with E-state index in [-0.39, 0.29) is 5.91 Å². The summed E-state index contributed by atoms with van der Waals surface area (Å²) in [6.07, 6.45) is 0. The highest BCUT2D eigenvalue weighted by Crippen LogP contribution is 2.41. The number of anilines is 1. The first kappa shape index (κ1) is 23.2. The number of nitrogens with one attached hydrogen (secondary N) is 1. The first-order valence-corrected chi connectivity index (χ1v) is 10.7. The van der Waals surface area contributed by atoms with E-state index in [4.69, 9.17) is 35.5 Å². The molecule has 34 heavy (non-hydrogen) atoms. The molecule has 4 rings (SSSR count). The predicted octanol–water partition coefficient (Wildman–Crippen LogP) is 5.84. The van der Waals surface area contributed by atoms with Crippen LogP contribution in [0.25, 0.3) is 22.2 Å². The maximum atomic E-state index is 13.3. The van der Waals surface area contributed by atoms with Crippen LogP contribution in [0.2, 0.25) is 5.02 Å². The van der Waals surface area contributed by atoms with Crippen LogP contribution in [0.1, 0.15) is 10.4 Å². The van der Waals surface area contributed by atoms with Crippen LogP contribution < -0.4 is 24.3 Å². The minimum Gasteiger partial charge on any atom is -0.495 e. The number of halogens is 1. The summed E-state index contributed by atoms with van der Waals surface area (Å²) < 4.78 is 21.6. The van der Waals surface area contributed by atoms with Gasteiger partial charge >= 0.3 is 0 Å². The average Bonchev–Trinajstić information content (AvgIpc) is 2.87. The van der Waals surface area contributed by atoms with Crippen LogP contribution >= 0.6 is 11.6 Å². The van der Waals surface area contributed by atoms with Gasteiger partial charge in [-0.15, -0.1) is 0 Å². The molecule has 0 radical (unpaired) electrons. The summed E-state index contributed by atoms with van der Waals surface area (Å²) in [6, 6.07) is 17.9. The highest BCUT2D eigenvalue weighted by Gasteiger charge is 2.18. The normalized spacial score (nSPS) is 10.6. The van der Waals surface area contributed by atoms with E-state index in [1.807, 2.05) is 24.3 Å². The number of hydrogen-bond acceptors (Lipinski definition) is 6. The molecule has 3 aromatic carbocycles. The number of amides is 1. The number of pyridine rings is 1. The number of hydrogen-bond donors (Lipinski definition) is 1. The minimum atomic E-state index is -0.298. The number of aromatic nitrogens is 1. The predicted molar refractivity (Wildman–Crippen MR) is 133 cm³/mol. The van der Waals surface area contributed by atoms with Crippen molar-refractivity contribution in [1.82, 2.24) is 4.98 Å². The van der Waals surface area contributed by atoms with Crippen molar-refractivity contribution in [3.8, 4) is 34.3 Å². The lowest BCUT2D eigenvalue weighted by Gasteiger charge is -2.15. The van der Waals surface area contributed by atoms with Gasteiger partial charge in [0, 0.05) is 16.6 Å². The van der Waals surface area contributed by atoms with Crippen LogP contribution in [0, 0.1) is 0 Å². The van der Waals surface area contributed by atoms with Crippen LogP contribution in [-0.2, 0) is 0 Å². The molecule has 8 heteroatoms. The molecule has 0 saturated carbocycles. The molecule has 0 saturated heterocycles. The zero-order valence-corrected chi connectivity index (χ0v) is 19.9. The summed E-state index contributed by atoms with van der Waals surface area (Å²) in [5.74, 6) is 1.69. The second kappa shape index (κ2) is 9.89. The smallest absolute Gasteiger partial charge is 0.256 e. The van der Waals surface area contributed by atoms with Gasteiger partial charge in [0.05, 0.1) is 50.2 Å². The van der Waals surface area contributed by atoms with E-state index < -0.39 is 0 Å². The second-order valence-electron chi connectivity index (χ2n) is 7.29. The fourth-order valence-electron chi connectivity index (χ4n) is 3.68. The van der Waals surface area contributed by atoms with Crippen LogP contribution in [0.5, 0.6) is 23.0 Å². The zero-order chi connectivity index (χ0) is 24.2. The average molecular weight is 479 g/mol. The Morgan fingerprint density at radius 2 is 1.50 bits per heavy atom. The molecule has 0 aliphatic rings. The monoisotopic (exact) mass is 478 g/mol. The van der Waals surface area contributed by atoms with E-state index in [2.05, 4.69) is 5.32 Å². The Morgan fingerprint density at radius 3 is 2.12 bits per heavy atom. The molecule has 0 aliphatic heterocycles. The Balaban J connectivity index is 1.81. The summed E-state index contributed by atoms with van der Waals surface area (Å²) in [4.78, 5) is 18.1. The molecule has 0 unspecified atom stereocenters. The van der Waals surface area contributed by atoms with Crippen LogP contribution in [0.4, 0.5) is 5.69 Å². The fraction of sp³-hybridized carbons (Fsp3) is 0.154. The number of carbonyl (C=O) groups is 1.